The quantitative estimate of drug-likeness (QED) is 0.776. The molecule has 2 rings (SSSR count). The highest BCUT2D eigenvalue weighted by molar-refractivity contribution is 6.31. The van der Waals surface area contributed by atoms with Gasteiger partial charge in [-0.1, -0.05) is 29.8 Å². The maximum absolute atomic E-state index is 11.4. The number of hydrogen-bond acceptors (Lipinski definition) is 2. The number of likely N-dealkylation sites (tertiary alicyclic amines) is 1. The van der Waals surface area contributed by atoms with Crippen LogP contribution in [0.2, 0.25) is 5.02 Å². The van der Waals surface area contributed by atoms with Gasteiger partial charge in [-0.2, -0.15) is 0 Å². The zero-order valence-electron chi connectivity index (χ0n) is 8.48. The van der Waals surface area contributed by atoms with E-state index < -0.39 is 6.04 Å². The van der Waals surface area contributed by atoms with E-state index in [4.69, 9.17) is 17.3 Å². The highest BCUT2D eigenvalue weighted by Crippen LogP contribution is 2.36. The monoisotopic (exact) mass is 224 g/mol. The summed E-state index contributed by atoms with van der Waals surface area (Å²) < 4.78 is 0. The van der Waals surface area contributed by atoms with E-state index in [1.807, 2.05) is 31.2 Å². The van der Waals surface area contributed by atoms with Crippen LogP contribution in [0.15, 0.2) is 24.3 Å². The zero-order valence-corrected chi connectivity index (χ0v) is 9.24. The number of halogens is 1. The van der Waals surface area contributed by atoms with Crippen molar-refractivity contribution >= 4 is 17.5 Å². The molecule has 0 saturated carbocycles. The summed E-state index contributed by atoms with van der Waals surface area (Å²) >= 11 is 6.07. The highest BCUT2D eigenvalue weighted by atomic mass is 35.5. The first-order valence-electron chi connectivity index (χ1n) is 4.97. The molecule has 0 aromatic heterocycles. The minimum atomic E-state index is -0.440. The minimum Gasteiger partial charge on any atom is -0.332 e. The second kappa shape index (κ2) is 3.83. The zero-order chi connectivity index (χ0) is 11.0. The third kappa shape index (κ3) is 1.52. The lowest BCUT2D eigenvalue weighted by Crippen LogP contribution is -2.62. The van der Waals surface area contributed by atoms with Crippen molar-refractivity contribution in [3.63, 3.8) is 0 Å². The van der Waals surface area contributed by atoms with Gasteiger partial charge >= 0.3 is 0 Å². The Labute approximate surface area is 93.8 Å². The van der Waals surface area contributed by atoms with E-state index in [2.05, 4.69) is 0 Å². The third-order valence-electron chi connectivity index (χ3n) is 2.81. The first-order valence-corrected chi connectivity index (χ1v) is 5.35. The number of carbonyl (C=O) groups excluding carboxylic acids is 1. The number of amides is 1. The molecule has 1 aromatic rings. The van der Waals surface area contributed by atoms with Crippen LogP contribution in [0.1, 0.15) is 18.5 Å². The van der Waals surface area contributed by atoms with Gasteiger partial charge in [-0.05, 0) is 18.6 Å². The second-order valence-corrected chi connectivity index (χ2v) is 4.02. The Hall–Kier alpha value is -1.06. The topological polar surface area (TPSA) is 46.3 Å². The maximum atomic E-state index is 11.4. The summed E-state index contributed by atoms with van der Waals surface area (Å²) in [6.45, 7) is 2.61. The van der Waals surface area contributed by atoms with E-state index in [9.17, 15) is 4.79 Å². The van der Waals surface area contributed by atoms with Crippen LogP contribution >= 0.6 is 11.6 Å². The number of nitrogens with zero attached hydrogens (tertiary/aromatic N) is 1. The Morgan fingerprint density at radius 3 is 2.73 bits per heavy atom. The fraction of sp³-hybridized carbons (Fsp3) is 0.364. The Morgan fingerprint density at radius 1 is 1.47 bits per heavy atom. The van der Waals surface area contributed by atoms with E-state index in [1.165, 1.54) is 0 Å². The molecule has 1 aliphatic heterocycles. The van der Waals surface area contributed by atoms with Crippen molar-refractivity contribution < 1.29 is 4.79 Å². The Balaban J connectivity index is 2.32. The van der Waals surface area contributed by atoms with Crippen LogP contribution in [0.5, 0.6) is 0 Å². The first-order chi connectivity index (χ1) is 7.16. The predicted octanol–water partition coefficient (Wildman–Crippen LogP) is 1.57. The predicted molar refractivity (Wildman–Crippen MR) is 59.6 cm³/mol. The summed E-state index contributed by atoms with van der Waals surface area (Å²) in [7, 11) is 0. The van der Waals surface area contributed by atoms with Crippen LogP contribution in [0.3, 0.4) is 0 Å². The van der Waals surface area contributed by atoms with Gasteiger partial charge in [-0.3, -0.25) is 4.79 Å². The van der Waals surface area contributed by atoms with E-state index in [0.717, 1.165) is 5.56 Å². The highest BCUT2D eigenvalue weighted by Gasteiger charge is 2.45. The lowest BCUT2D eigenvalue weighted by Gasteiger charge is -2.45. The van der Waals surface area contributed by atoms with Crippen molar-refractivity contribution in [2.45, 2.75) is 19.0 Å². The summed E-state index contributed by atoms with van der Waals surface area (Å²) in [5.74, 6) is 0.00224. The second-order valence-electron chi connectivity index (χ2n) is 3.62. The molecule has 0 spiro atoms. The summed E-state index contributed by atoms with van der Waals surface area (Å²) in [4.78, 5) is 13.2. The van der Waals surface area contributed by atoms with E-state index in [-0.39, 0.29) is 11.9 Å². The molecule has 80 valence electrons. The molecule has 1 fully saturated rings. The summed E-state index contributed by atoms with van der Waals surface area (Å²) in [6, 6.07) is 7.02. The molecular weight excluding hydrogens is 212 g/mol. The molecular formula is C11H13ClN2O. The van der Waals surface area contributed by atoms with Crippen molar-refractivity contribution in [1.82, 2.24) is 4.90 Å². The van der Waals surface area contributed by atoms with Crippen molar-refractivity contribution in [2.24, 2.45) is 5.73 Å². The van der Waals surface area contributed by atoms with E-state index in [0.29, 0.717) is 11.6 Å². The Bertz CT molecular complexity index is 394. The molecule has 1 amide bonds. The summed E-state index contributed by atoms with van der Waals surface area (Å²) in [5.41, 5.74) is 6.72. The number of β-lactam (4-membered cyclic amide) rings is 1. The van der Waals surface area contributed by atoms with Gasteiger partial charge in [0, 0.05) is 11.6 Å². The molecule has 1 heterocycles. The molecule has 1 aromatic carbocycles. The third-order valence-corrected chi connectivity index (χ3v) is 3.15. The lowest BCUT2D eigenvalue weighted by atomic mass is 9.89. The maximum Gasteiger partial charge on any atom is 0.242 e. The summed E-state index contributed by atoms with van der Waals surface area (Å²) in [5, 5.41) is 0.670. The molecule has 1 aliphatic rings. The lowest BCUT2D eigenvalue weighted by molar-refractivity contribution is -0.149. The SMILES string of the molecule is CCN1C(=O)[C@H](N)[C@@H]1c1ccccc1Cl. The van der Waals surface area contributed by atoms with Crippen LogP contribution in [0.25, 0.3) is 0 Å². The number of rotatable bonds is 2. The molecule has 1 saturated heterocycles. The van der Waals surface area contributed by atoms with Gasteiger partial charge < -0.3 is 10.6 Å². The van der Waals surface area contributed by atoms with Gasteiger partial charge in [0.1, 0.15) is 6.04 Å². The average molecular weight is 225 g/mol. The molecule has 2 atom stereocenters. The fourth-order valence-corrected chi connectivity index (χ4v) is 2.25. The molecule has 0 radical (unpaired) electrons. The fourth-order valence-electron chi connectivity index (χ4n) is 2.00. The van der Waals surface area contributed by atoms with Crippen LogP contribution in [-0.2, 0) is 4.79 Å². The largest absolute Gasteiger partial charge is 0.332 e. The van der Waals surface area contributed by atoms with Crippen molar-refractivity contribution in [3.05, 3.63) is 34.9 Å². The van der Waals surface area contributed by atoms with Crippen LogP contribution in [0.4, 0.5) is 0 Å². The molecule has 0 aliphatic carbocycles. The number of hydrogen-bond donors (Lipinski definition) is 1. The molecule has 3 nitrogen and oxygen atoms in total. The number of nitrogens with two attached hydrogens (primary N) is 1. The Kier molecular flexibility index (Phi) is 2.67. The molecule has 2 N–H and O–H groups in total. The van der Waals surface area contributed by atoms with Gasteiger partial charge in [0.2, 0.25) is 5.91 Å². The van der Waals surface area contributed by atoms with Crippen molar-refractivity contribution in [1.29, 1.82) is 0 Å². The summed E-state index contributed by atoms with van der Waals surface area (Å²) in [6.07, 6.45) is 0. The molecule has 0 bridgehead atoms. The minimum absolute atomic E-state index is 0.00224. The normalized spacial score (nSPS) is 25.3. The van der Waals surface area contributed by atoms with E-state index in [1.54, 1.807) is 4.90 Å². The average Bonchev–Trinajstić information content (AvgIpc) is 2.26. The number of likely N-dealkylation sites (N-methyl/N-ethyl adjacent to an activating group) is 1. The van der Waals surface area contributed by atoms with Crippen LogP contribution < -0.4 is 5.73 Å². The number of benzene rings is 1. The smallest absolute Gasteiger partial charge is 0.242 e. The van der Waals surface area contributed by atoms with Crippen molar-refractivity contribution in [3.8, 4) is 0 Å². The van der Waals surface area contributed by atoms with Crippen molar-refractivity contribution in [2.75, 3.05) is 6.54 Å². The van der Waals surface area contributed by atoms with E-state index >= 15 is 0 Å². The van der Waals surface area contributed by atoms with Gasteiger partial charge in [0.25, 0.3) is 0 Å². The van der Waals surface area contributed by atoms with Gasteiger partial charge in [-0.25, -0.2) is 0 Å². The molecule has 0 unspecified atom stereocenters. The van der Waals surface area contributed by atoms with Gasteiger partial charge in [-0.15, -0.1) is 0 Å². The first kappa shape index (κ1) is 10.5. The standard InChI is InChI=1S/C11H13ClN2O/c1-2-14-10(9(13)11(14)15)7-5-3-4-6-8(7)12/h3-6,9-10H,2,13H2,1H3/t9-,10+/m1/s1. The van der Waals surface area contributed by atoms with Gasteiger partial charge in [0.15, 0.2) is 0 Å². The van der Waals surface area contributed by atoms with Crippen LogP contribution in [0, 0.1) is 0 Å². The van der Waals surface area contributed by atoms with Crippen LogP contribution in [-0.4, -0.2) is 23.4 Å². The Morgan fingerprint density at radius 2 is 2.13 bits per heavy atom. The molecule has 4 heteroatoms. The number of carbonyl (C=O) groups is 1. The van der Waals surface area contributed by atoms with Gasteiger partial charge in [0.05, 0.1) is 6.04 Å². The molecule has 15 heavy (non-hydrogen) atoms.